The van der Waals surface area contributed by atoms with Gasteiger partial charge in [-0.1, -0.05) is 13.8 Å². The molecule has 18 heavy (non-hydrogen) atoms. The molecule has 0 spiro atoms. The number of piperidine rings is 1. The van der Waals surface area contributed by atoms with Crippen molar-refractivity contribution in [1.29, 1.82) is 0 Å². The van der Waals surface area contributed by atoms with Gasteiger partial charge in [0.2, 0.25) is 0 Å². The van der Waals surface area contributed by atoms with Crippen LogP contribution in [-0.2, 0) is 13.0 Å². The van der Waals surface area contributed by atoms with E-state index in [1.54, 1.807) is 0 Å². The Hall–Kier alpha value is -0.450. The van der Waals surface area contributed by atoms with Gasteiger partial charge in [0.05, 0.1) is 6.54 Å². The highest BCUT2D eigenvalue weighted by Crippen LogP contribution is 2.18. The van der Waals surface area contributed by atoms with E-state index in [2.05, 4.69) is 29.0 Å². The smallest absolute Gasteiger partial charge is 0.107 e. The highest BCUT2D eigenvalue weighted by Gasteiger charge is 2.19. The van der Waals surface area contributed by atoms with Crippen LogP contribution in [0.4, 0.5) is 0 Å². The van der Waals surface area contributed by atoms with Crippen molar-refractivity contribution in [2.45, 2.75) is 52.1 Å². The third kappa shape index (κ3) is 4.04. The molecule has 102 valence electrons. The van der Waals surface area contributed by atoms with E-state index in [-0.39, 0.29) is 0 Å². The Morgan fingerprint density at radius 3 is 2.78 bits per heavy atom. The van der Waals surface area contributed by atoms with Crippen LogP contribution >= 0.6 is 11.3 Å². The topological polar surface area (TPSA) is 28.2 Å². The maximum atomic E-state index is 4.51. The number of rotatable bonds is 6. The summed E-state index contributed by atoms with van der Waals surface area (Å²) >= 11 is 1.87. The molecular weight excluding hydrogens is 242 g/mol. The Labute approximate surface area is 115 Å². The molecule has 0 aromatic carbocycles. The Kier molecular flexibility index (Phi) is 5.60. The number of aromatic nitrogens is 1. The number of likely N-dealkylation sites (tertiary alicyclic amines) is 1. The molecule has 0 radical (unpaired) electrons. The monoisotopic (exact) mass is 267 g/mol. The SMILES string of the molecule is CCCNC1CCN(Cc2ncc(CC)s2)CC1. The minimum absolute atomic E-state index is 0.740. The molecule has 1 fully saturated rings. The maximum Gasteiger partial charge on any atom is 0.107 e. The number of nitrogens with zero attached hydrogens (tertiary/aromatic N) is 2. The van der Waals surface area contributed by atoms with Crippen molar-refractivity contribution in [3.8, 4) is 0 Å². The number of aryl methyl sites for hydroxylation is 1. The van der Waals surface area contributed by atoms with Gasteiger partial charge in [0.1, 0.15) is 5.01 Å². The molecule has 0 unspecified atom stereocenters. The van der Waals surface area contributed by atoms with Gasteiger partial charge in [-0.15, -0.1) is 11.3 Å². The molecule has 1 N–H and O–H groups in total. The quantitative estimate of drug-likeness (QED) is 0.859. The van der Waals surface area contributed by atoms with Crippen LogP contribution in [0.25, 0.3) is 0 Å². The Bertz CT molecular complexity index is 343. The zero-order valence-electron chi connectivity index (χ0n) is 11.6. The van der Waals surface area contributed by atoms with Crippen LogP contribution in [-0.4, -0.2) is 35.6 Å². The summed E-state index contributed by atoms with van der Waals surface area (Å²) in [6.07, 6.45) is 6.95. The minimum atomic E-state index is 0.740. The fraction of sp³-hybridized carbons (Fsp3) is 0.786. The lowest BCUT2D eigenvalue weighted by Crippen LogP contribution is -2.42. The second-order valence-electron chi connectivity index (χ2n) is 5.08. The molecule has 1 aromatic rings. The highest BCUT2D eigenvalue weighted by molar-refractivity contribution is 7.11. The molecule has 4 heteroatoms. The largest absolute Gasteiger partial charge is 0.314 e. The first-order valence-corrected chi connectivity index (χ1v) is 8.02. The fourth-order valence-electron chi connectivity index (χ4n) is 2.42. The molecule has 0 bridgehead atoms. The van der Waals surface area contributed by atoms with E-state index in [0.29, 0.717) is 0 Å². The Morgan fingerprint density at radius 2 is 2.17 bits per heavy atom. The van der Waals surface area contributed by atoms with Crippen LogP contribution in [0.1, 0.15) is 43.0 Å². The van der Waals surface area contributed by atoms with Gasteiger partial charge >= 0.3 is 0 Å². The normalized spacial score (nSPS) is 18.3. The van der Waals surface area contributed by atoms with Crippen LogP contribution in [0.2, 0.25) is 0 Å². The van der Waals surface area contributed by atoms with Crippen LogP contribution < -0.4 is 5.32 Å². The number of thiazole rings is 1. The predicted molar refractivity (Wildman–Crippen MR) is 78.1 cm³/mol. The van der Waals surface area contributed by atoms with E-state index in [9.17, 15) is 0 Å². The first kappa shape index (κ1) is 14.0. The van der Waals surface area contributed by atoms with Crippen molar-refractivity contribution in [3.05, 3.63) is 16.1 Å². The molecule has 0 saturated carbocycles. The Balaban J connectivity index is 1.73. The van der Waals surface area contributed by atoms with E-state index in [0.717, 1.165) is 25.6 Å². The van der Waals surface area contributed by atoms with Crippen molar-refractivity contribution in [1.82, 2.24) is 15.2 Å². The van der Waals surface area contributed by atoms with Crippen molar-refractivity contribution in [2.75, 3.05) is 19.6 Å². The Morgan fingerprint density at radius 1 is 1.39 bits per heavy atom. The van der Waals surface area contributed by atoms with Gasteiger partial charge in [0, 0.05) is 30.2 Å². The van der Waals surface area contributed by atoms with E-state index in [4.69, 9.17) is 0 Å². The first-order chi connectivity index (χ1) is 8.81. The maximum absolute atomic E-state index is 4.51. The van der Waals surface area contributed by atoms with Gasteiger partial charge < -0.3 is 5.32 Å². The lowest BCUT2D eigenvalue weighted by Gasteiger charge is -2.31. The van der Waals surface area contributed by atoms with Crippen molar-refractivity contribution >= 4 is 11.3 Å². The van der Waals surface area contributed by atoms with Gasteiger partial charge in [-0.2, -0.15) is 0 Å². The summed E-state index contributed by atoms with van der Waals surface area (Å²) in [6.45, 7) is 9.06. The fourth-order valence-corrected chi connectivity index (χ4v) is 3.32. The lowest BCUT2D eigenvalue weighted by atomic mass is 10.1. The third-order valence-electron chi connectivity index (χ3n) is 3.58. The molecule has 1 saturated heterocycles. The second kappa shape index (κ2) is 7.22. The molecule has 1 aromatic heterocycles. The summed E-state index contributed by atoms with van der Waals surface area (Å²) in [5, 5.41) is 4.91. The predicted octanol–water partition coefficient (Wildman–Crippen LogP) is 2.67. The zero-order valence-corrected chi connectivity index (χ0v) is 12.4. The van der Waals surface area contributed by atoms with E-state index >= 15 is 0 Å². The molecule has 0 aliphatic carbocycles. The average molecular weight is 267 g/mol. The van der Waals surface area contributed by atoms with Crippen LogP contribution in [0.3, 0.4) is 0 Å². The summed E-state index contributed by atoms with van der Waals surface area (Å²) in [4.78, 5) is 8.46. The van der Waals surface area contributed by atoms with Crippen molar-refractivity contribution in [3.63, 3.8) is 0 Å². The summed E-state index contributed by atoms with van der Waals surface area (Å²) in [6, 6.07) is 0.740. The molecule has 2 heterocycles. The molecule has 0 amide bonds. The molecule has 2 rings (SSSR count). The van der Waals surface area contributed by atoms with Gasteiger partial charge in [-0.25, -0.2) is 4.98 Å². The highest BCUT2D eigenvalue weighted by atomic mass is 32.1. The summed E-state index contributed by atoms with van der Waals surface area (Å²) < 4.78 is 0. The molecule has 1 aliphatic heterocycles. The first-order valence-electron chi connectivity index (χ1n) is 7.21. The number of nitrogens with one attached hydrogen (secondary N) is 1. The standard InChI is InChI=1S/C14H25N3S/c1-3-7-15-12-5-8-17(9-6-12)11-14-16-10-13(4-2)18-14/h10,12,15H,3-9,11H2,1-2H3. The van der Waals surface area contributed by atoms with Gasteiger partial charge in [-0.05, 0) is 32.2 Å². The van der Waals surface area contributed by atoms with E-state index in [1.807, 2.05) is 17.5 Å². The summed E-state index contributed by atoms with van der Waals surface area (Å²) in [7, 11) is 0. The average Bonchev–Trinajstić information content (AvgIpc) is 2.86. The van der Waals surface area contributed by atoms with Gasteiger partial charge in [0.25, 0.3) is 0 Å². The second-order valence-corrected chi connectivity index (χ2v) is 6.28. The summed E-state index contributed by atoms with van der Waals surface area (Å²) in [5.74, 6) is 0. The van der Waals surface area contributed by atoms with Gasteiger partial charge in [-0.3, -0.25) is 4.90 Å². The van der Waals surface area contributed by atoms with Crippen molar-refractivity contribution in [2.24, 2.45) is 0 Å². The molecule has 0 atom stereocenters. The third-order valence-corrected chi connectivity index (χ3v) is 4.71. The number of hydrogen-bond donors (Lipinski definition) is 1. The lowest BCUT2D eigenvalue weighted by molar-refractivity contribution is 0.191. The van der Waals surface area contributed by atoms with Crippen LogP contribution in [0.15, 0.2) is 6.20 Å². The zero-order chi connectivity index (χ0) is 12.8. The van der Waals surface area contributed by atoms with E-state index < -0.39 is 0 Å². The van der Waals surface area contributed by atoms with Crippen molar-refractivity contribution < 1.29 is 0 Å². The van der Waals surface area contributed by atoms with Crippen LogP contribution in [0.5, 0.6) is 0 Å². The van der Waals surface area contributed by atoms with Gasteiger partial charge in [0.15, 0.2) is 0 Å². The van der Waals surface area contributed by atoms with Crippen LogP contribution in [0, 0.1) is 0 Å². The molecular formula is C14H25N3S. The number of hydrogen-bond acceptors (Lipinski definition) is 4. The van der Waals surface area contributed by atoms with E-state index in [1.165, 1.54) is 42.2 Å². The molecule has 1 aliphatic rings. The molecule has 3 nitrogen and oxygen atoms in total. The summed E-state index contributed by atoms with van der Waals surface area (Å²) in [5.41, 5.74) is 0. The minimum Gasteiger partial charge on any atom is -0.314 e.